The van der Waals surface area contributed by atoms with Gasteiger partial charge < -0.3 is 10.5 Å². The molecular weight excluding hydrogens is 322 g/mol. The highest BCUT2D eigenvalue weighted by Crippen LogP contribution is 2.29. The van der Waals surface area contributed by atoms with E-state index in [9.17, 15) is 0 Å². The minimum absolute atomic E-state index is 0.340. The van der Waals surface area contributed by atoms with E-state index in [4.69, 9.17) is 22.7 Å². The molecule has 0 atom stereocenters. The lowest BCUT2D eigenvalue weighted by atomic mass is 10.1. The van der Waals surface area contributed by atoms with E-state index >= 15 is 0 Å². The van der Waals surface area contributed by atoms with E-state index in [1.807, 2.05) is 50.2 Å². The molecule has 0 saturated carbocycles. The quantitative estimate of drug-likeness (QED) is 0.839. The smallest absolute Gasteiger partial charge is 0.137 e. The summed E-state index contributed by atoms with van der Waals surface area (Å²) in [6.45, 7) is 4.01. The molecule has 0 radical (unpaired) electrons. The van der Waals surface area contributed by atoms with Crippen LogP contribution in [0.1, 0.15) is 16.7 Å². The molecule has 2 nitrogen and oxygen atoms in total. The summed E-state index contributed by atoms with van der Waals surface area (Å²) in [4.78, 5) is 0.340. The number of ether oxygens (including phenoxy) is 1. The number of thiocarbonyl (C=S) groups is 1. The van der Waals surface area contributed by atoms with Gasteiger partial charge in [0.1, 0.15) is 16.5 Å². The van der Waals surface area contributed by atoms with E-state index in [2.05, 4.69) is 15.9 Å². The Kier molecular flexibility index (Phi) is 4.22. The Bertz CT molecular complexity index is 640. The molecule has 2 rings (SSSR count). The van der Waals surface area contributed by atoms with Crippen LogP contribution >= 0.6 is 28.1 Å². The van der Waals surface area contributed by atoms with Gasteiger partial charge in [-0.25, -0.2) is 0 Å². The predicted octanol–water partition coefficient (Wildman–Crippen LogP) is 4.49. The Morgan fingerprint density at radius 2 is 1.89 bits per heavy atom. The molecule has 0 heterocycles. The zero-order valence-corrected chi connectivity index (χ0v) is 13.1. The molecule has 0 saturated heterocycles. The number of benzene rings is 2. The Morgan fingerprint density at radius 1 is 1.16 bits per heavy atom. The molecule has 0 spiro atoms. The Balaban J connectivity index is 2.37. The zero-order chi connectivity index (χ0) is 14.0. The molecule has 0 aromatic heterocycles. The van der Waals surface area contributed by atoms with Crippen LogP contribution in [-0.2, 0) is 0 Å². The summed E-state index contributed by atoms with van der Waals surface area (Å²) in [5.74, 6) is 1.45. The van der Waals surface area contributed by atoms with Crippen LogP contribution in [0, 0.1) is 13.8 Å². The summed E-state index contributed by atoms with van der Waals surface area (Å²) >= 11 is 8.53. The minimum atomic E-state index is 0.340. The topological polar surface area (TPSA) is 35.2 Å². The minimum Gasteiger partial charge on any atom is -0.457 e. The monoisotopic (exact) mass is 335 g/mol. The first-order valence-corrected chi connectivity index (χ1v) is 7.02. The fourth-order valence-electron chi connectivity index (χ4n) is 1.73. The van der Waals surface area contributed by atoms with Crippen LogP contribution in [0.25, 0.3) is 0 Å². The van der Waals surface area contributed by atoms with Gasteiger partial charge in [0.25, 0.3) is 0 Å². The van der Waals surface area contributed by atoms with Crippen LogP contribution in [0.15, 0.2) is 40.9 Å². The second kappa shape index (κ2) is 5.72. The Morgan fingerprint density at radius 3 is 2.53 bits per heavy atom. The number of hydrogen-bond donors (Lipinski definition) is 1. The van der Waals surface area contributed by atoms with Gasteiger partial charge in [0.05, 0.1) is 5.56 Å². The molecule has 0 fully saturated rings. The van der Waals surface area contributed by atoms with E-state index in [0.29, 0.717) is 10.7 Å². The van der Waals surface area contributed by atoms with Crippen molar-refractivity contribution in [2.24, 2.45) is 5.73 Å². The van der Waals surface area contributed by atoms with Gasteiger partial charge in [0.2, 0.25) is 0 Å². The van der Waals surface area contributed by atoms with Crippen LogP contribution in [-0.4, -0.2) is 4.99 Å². The Hall–Kier alpha value is -1.39. The van der Waals surface area contributed by atoms with E-state index < -0.39 is 0 Å². The summed E-state index contributed by atoms with van der Waals surface area (Å²) in [5, 5.41) is 0. The van der Waals surface area contributed by atoms with E-state index in [0.717, 1.165) is 26.9 Å². The Labute approximate surface area is 126 Å². The molecule has 0 aliphatic carbocycles. The van der Waals surface area contributed by atoms with Gasteiger partial charge in [-0.2, -0.15) is 0 Å². The number of aryl methyl sites for hydroxylation is 2. The summed E-state index contributed by atoms with van der Waals surface area (Å²) in [7, 11) is 0. The maximum absolute atomic E-state index is 5.87. The van der Waals surface area contributed by atoms with Gasteiger partial charge in [-0.05, 0) is 49.7 Å². The molecule has 0 aliphatic heterocycles. The average molecular weight is 336 g/mol. The van der Waals surface area contributed by atoms with Crippen LogP contribution in [0.5, 0.6) is 11.5 Å². The lowest BCUT2D eigenvalue weighted by Gasteiger charge is -2.12. The SMILES string of the molecule is Cc1ccc(Oc2ccc(Br)c(C)c2)c(C(N)=S)c1. The maximum Gasteiger partial charge on any atom is 0.137 e. The molecule has 19 heavy (non-hydrogen) atoms. The fourth-order valence-corrected chi connectivity index (χ4v) is 2.14. The van der Waals surface area contributed by atoms with Gasteiger partial charge in [-0.3, -0.25) is 0 Å². The molecule has 0 bridgehead atoms. The number of hydrogen-bond acceptors (Lipinski definition) is 2. The molecular formula is C15H14BrNOS. The predicted molar refractivity (Wildman–Crippen MR) is 86.0 cm³/mol. The average Bonchev–Trinajstić information content (AvgIpc) is 2.36. The first-order chi connectivity index (χ1) is 8.97. The van der Waals surface area contributed by atoms with Crippen LogP contribution in [0.3, 0.4) is 0 Å². The number of rotatable bonds is 3. The molecule has 0 aliphatic rings. The first kappa shape index (κ1) is 14.0. The fraction of sp³-hybridized carbons (Fsp3) is 0.133. The van der Waals surface area contributed by atoms with Crippen LogP contribution in [0.2, 0.25) is 0 Å². The van der Waals surface area contributed by atoms with Crippen molar-refractivity contribution in [3.63, 3.8) is 0 Å². The molecule has 98 valence electrons. The summed E-state index contributed by atoms with van der Waals surface area (Å²) in [6, 6.07) is 11.6. The van der Waals surface area contributed by atoms with Crippen molar-refractivity contribution in [1.82, 2.24) is 0 Å². The van der Waals surface area contributed by atoms with E-state index in [-0.39, 0.29) is 0 Å². The summed E-state index contributed by atoms with van der Waals surface area (Å²) in [5.41, 5.74) is 8.71. The summed E-state index contributed by atoms with van der Waals surface area (Å²) < 4.78 is 6.93. The molecule has 2 aromatic carbocycles. The normalized spacial score (nSPS) is 10.3. The first-order valence-electron chi connectivity index (χ1n) is 5.82. The lowest BCUT2D eigenvalue weighted by Crippen LogP contribution is -2.11. The van der Waals surface area contributed by atoms with Crippen LogP contribution in [0.4, 0.5) is 0 Å². The third-order valence-electron chi connectivity index (χ3n) is 2.76. The third-order valence-corrected chi connectivity index (χ3v) is 3.87. The standard InChI is InChI=1S/C15H14BrNOS/c1-9-3-6-14(12(7-9)15(17)19)18-11-4-5-13(16)10(2)8-11/h3-8H,1-2H3,(H2,17,19). The maximum atomic E-state index is 5.87. The van der Waals surface area contributed by atoms with Crippen molar-refractivity contribution in [3.8, 4) is 11.5 Å². The van der Waals surface area contributed by atoms with Crippen molar-refractivity contribution < 1.29 is 4.74 Å². The summed E-state index contributed by atoms with van der Waals surface area (Å²) in [6.07, 6.45) is 0. The number of halogens is 1. The second-order valence-electron chi connectivity index (χ2n) is 4.38. The highest BCUT2D eigenvalue weighted by Gasteiger charge is 2.08. The van der Waals surface area contributed by atoms with Gasteiger partial charge in [0, 0.05) is 4.47 Å². The molecule has 2 aromatic rings. The molecule has 4 heteroatoms. The van der Waals surface area contributed by atoms with Gasteiger partial charge in [-0.1, -0.05) is 39.8 Å². The van der Waals surface area contributed by atoms with Crippen molar-refractivity contribution >= 4 is 33.1 Å². The van der Waals surface area contributed by atoms with Crippen molar-refractivity contribution in [3.05, 3.63) is 57.6 Å². The second-order valence-corrected chi connectivity index (χ2v) is 5.67. The molecule has 2 N–H and O–H groups in total. The molecule has 0 unspecified atom stereocenters. The van der Waals surface area contributed by atoms with Crippen LogP contribution < -0.4 is 10.5 Å². The lowest BCUT2D eigenvalue weighted by molar-refractivity contribution is 0.481. The zero-order valence-electron chi connectivity index (χ0n) is 10.7. The van der Waals surface area contributed by atoms with Crippen molar-refractivity contribution in [2.75, 3.05) is 0 Å². The van der Waals surface area contributed by atoms with Gasteiger partial charge in [-0.15, -0.1) is 0 Å². The van der Waals surface area contributed by atoms with E-state index in [1.54, 1.807) is 0 Å². The highest BCUT2D eigenvalue weighted by molar-refractivity contribution is 9.10. The van der Waals surface area contributed by atoms with Gasteiger partial charge in [0.15, 0.2) is 0 Å². The third kappa shape index (κ3) is 3.33. The largest absolute Gasteiger partial charge is 0.457 e. The van der Waals surface area contributed by atoms with E-state index in [1.165, 1.54) is 0 Å². The van der Waals surface area contributed by atoms with Crippen molar-refractivity contribution in [1.29, 1.82) is 0 Å². The van der Waals surface area contributed by atoms with Gasteiger partial charge >= 0.3 is 0 Å². The van der Waals surface area contributed by atoms with Crippen molar-refractivity contribution in [2.45, 2.75) is 13.8 Å². The number of nitrogens with two attached hydrogens (primary N) is 1. The molecule has 0 amide bonds. The highest BCUT2D eigenvalue weighted by atomic mass is 79.9.